The van der Waals surface area contributed by atoms with Crippen LogP contribution < -0.4 is 5.32 Å². The maximum absolute atomic E-state index is 12.5. The summed E-state index contributed by atoms with van der Waals surface area (Å²) in [6.45, 7) is 8.28. The molecule has 6 nitrogen and oxygen atoms in total. The van der Waals surface area contributed by atoms with E-state index >= 15 is 0 Å². The fourth-order valence-electron chi connectivity index (χ4n) is 3.08. The number of rotatable bonds is 5. The van der Waals surface area contributed by atoms with Crippen LogP contribution in [0.3, 0.4) is 0 Å². The van der Waals surface area contributed by atoms with E-state index in [2.05, 4.69) is 28.4 Å². The zero-order valence-corrected chi connectivity index (χ0v) is 14.8. The average molecular weight is 357 g/mol. The Kier molecular flexibility index (Phi) is 4.30. The van der Waals surface area contributed by atoms with Crippen molar-refractivity contribution in [2.75, 3.05) is 18.4 Å². The Labute approximate surface area is 156 Å². The lowest BCUT2D eigenvalue weighted by Crippen LogP contribution is -2.35. The Hall–Kier alpha value is -3.67. The highest BCUT2D eigenvalue weighted by Gasteiger charge is 2.13. The van der Waals surface area contributed by atoms with Gasteiger partial charge in [0.05, 0.1) is 11.0 Å². The Morgan fingerprint density at radius 2 is 1.78 bits per heavy atom. The number of hydrogen-bond acceptors (Lipinski definition) is 3. The van der Waals surface area contributed by atoms with E-state index in [0.29, 0.717) is 18.8 Å². The minimum absolute atomic E-state index is 0.203. The summed E-state index contributed by atoms with van der Waals surface area (Å²) in [5.41, 5.74) is 4.81. The molecule has 0 bridgehead atoms. The summed E-state index contributed by atoms with van der Waals surface area (Å²) in [4.78, 5) is 26.8. The molecule has 0 saturated heterocycles. The van der Waals surface area contributed by atoms with E-state index in [9.17, 15) is 4.79 Å². The number of fused-ring (bicyclic) bond motifs is 4. The molecule has 0 saturated carbocycles. The third-order valence-corrected chi connectivity index (χ3v) is 4.34. The molecule has 27 heavy (non-hydrogen) atoms. The number of aromatic nitrogens is 3. The Morgan fingerprint density at radius 1 is 1.07 bits per heavy atom. The monoisotopic (exact) mass is 357 g/mol. The van der Waals surface area contributed by atoms with Crippen molar-refractivity contribution in [1.82, 2.24) is 19.9 Å². The summed E-state index contributed by atoms with van der Waals surface area (Å²) < 4.78 is 0. The smallest absolute Gasteiger partial charge is 0.322 e. The van der Waals surface area contributed by atoms with Crippen LogP contribution >= 0.6 is 0 Å². The van der Waals surface area contributed by atoms with Crippen LogP contribution in [0.1, 0.15) is 0 Å². The first kappa shape index (κ1) is 16.8. The molecule has 2 aromatic carbocycles. The maximum Gasteiger partial charge on any atom is 0.322 e. The molecule has 0 fully saturated rings. The van der Waals surface area contributed by atoms with Crippen LogP contribution in [0.5, 0.6) is 0 Å². The third-order valence-electron chi connectivity index (χ3n) is 4.34. The fraction of sp³-hybridized carbons (Fsp3) is 0.0952. The molecule has 4 aromatic rings. The lowest BCUT2D eigenvalue weighted by molar-refractivity contribution is 0.222. The highest BCUT2D eigenvalue weighted by molar-refractivity contribution is 6.07. The van der Waals surface area contributed by atoms with Gasteiger partial charge in [0.1, 0.15) is 5.52 Å². The number of aromatic amines is 1. The number of benzene rings is 2. The number of nitrogens with zero attached hydrogens (tertiary/aromatic N) is 3. The van der Waals surface area contributed by atoms with Gasteiger partial charge in [-0.25, -0.2) is 14.8 Å². The van der Waals surface area contributed by atoms with E-state index in [0.717, 1.165) is 33.1 Å². The number of anilines is 1. The molecular formula is C21H19N5O. The highest BCUT2D eigenvalue weighted by Crippen LogP contribution is 2.27. The van der Waals surface area contributed by atoms with Crippen LogP contribution in [0.4, 0.5) is 10.5 Å². The van der Waals surface area contributed by atoms with Crippen molar-refractivity contribution in [2.45, 2.75) is 0 Å². The molecule has 0 aliphatic rings. The molecule has 0 spiro atoms. The lowest BCUT2D eigenvalue weighted by Gasteiger charge is -2.19. The van der Waals surface area contributed by atoms with Crippen LogP contribution in [0.25, 0.3) is 33.1 Å². The second-order valence-corrected chi connectivity index (χ2v) is 6.21. The van der Waals surface area contributed by atoms with Gasteiger partial charge in [-0.05, 0) is 30.3 Å². The molecule has 0 aliphatic carbocycles. The van der Waals surface area contributed by atoms with Crippen LogP contribution in [0.15, 0.2) is 67.8 Å². The van der Waals surface area contributed by atoms with Crippen molar-refractivity contribution in [2.24, 2.45) is 0 Å². The van der Waals surface area contributed by atoms with Gasteiger partial charge < -0.3 is 15.2 Å². The molecule has 0 atom stereocenters. The normalized spacial score (nSPS) is 11.0. The van der Waals surface area contributed by atoms with E-state index in [1.807, 2.05) is 42.5 Å². The largest absolute Gasteiger partial charge is 0.338 e. The van der Waals surface area contributed by atoms with Crippen LogP contribution in [-0.4, -0.2) is 39.0 Å². The van der Waals surface area contributed by atoms with E-state index in [1.165, 1.54) is 0 Å². The summed E-state index contributed by atoms with van der Waals surface area (Å²) in [7, 11) is 0. The van der Waals surface area contributed by atoms with Crippen molar-refractivity contribution in [3.05, 3.63) is 67.8 Å². The molecule has 0 radical (unpaired) electrons. The number of nitrogens with one attached hydrogen (secondary N) is 2. The number of para-hydroxylation sites is 2. The van der Waals surface area contributed by atoms with Crippen molar-refractivity contribution >= 4 is 44.8 Å². The van der Waals surface area contributed by atoms with Crippen molar-refractivity contribution < 1.29 is 4.79 Å². The van der Waals surface area contributed by atoms with Gasteiger partial charge in [0.25, 0.3) is 0 Å². The first-order valence-corrected chi connectivity index (χ1v) is 8.65. The van der Waals surface area contributed by atoms with Gasteiger partial charge in [0, 0.05) is 29.7 Å². The number of hydrogen-bond donors (Lipinski definition) is 2. The molecule has 4 rings (SSSR count). The summed E-state index contributed by atoms with van der Waals surface area (Å²) in [6.07, 6.45) is 3.37. The van der Waals surface area contributed by atoms with Gasteiger partial charge >= 0.3 is 6.03 Å². The van der Waals surface area contributed by atoms with Crippen molar-refractivity contribution in [3.8, 4) is 0 Å². The Balaban J connectivity index is 1.73. The molecule has 2 amide bonds. The van der Waals surface area contributed by atoms with Gasteiger partial charge in [-0.3, -0.25) is 0 Å². The molecule has 2 N–H and O–H groups in total. The molecule has 2 aromatic heterocycles. The maximum atomic E-state index is 12.5. The second kappa shape index (κ2) is 6.92. The zero-order chi connectivity index (χ0) is 18.8. The Morgan fingerprint density at radius 3 is 2.48 bits per heavy atom. The standard InChI is InChI=1S/C21H19N5O/c1-3-11-26(12-4-2)21(27)22-14-9-10-16-15(13-14)19-20(24-16)25-18-8-6-5-7-17(18)23-19/h3-10,13H,1-2,11-12H2,(H,22,27)(H,24,25). The summed E-state index contributed by atoms with van der Waals surface area (Å²) in [5.74, 6) is 0. The lowest BCUT2D eigenvalue weighted by atomic mass is 10.2. The third kappa shape index (κ3) is 3.13. The Bertz CT molecular complexity index is 1170. The summed E-state index contributed by atoms with van der Waals surface area (Å²) >= 11 is 0. The quantitative estimate of drug-likeness (QED) is 0.518. The van der Waals surface area contributed by atoms with Gasteiger partial charge in [0.15, 0.2) is 5.65 Å². The molecule has 0 unspecified atom stereocenters. The van der Waals surface area contributed by atoms with Gasteiger partial charge in [-0.2, -0.15) is 0 Å². The number of amides is 2. The minimum atomic E-state index is -0.203. The van der Waals surface area contributed by atoms with E-state index in [4.69, 9.17) is 4.98 Å². The SMILES string of the molecule is C=CCN(CC=C)C(=O)Nc1ccc2[nH]c3nc4ccccc4nc3c2c1. The fourth-order valence-corrected chi connectivity index (χ4v) is 3.08. The van der Waals surface area contributed by atoms with E-state index < -0.39 is 0 Å². The molecule has 134 valence electrons. The summed E-state index contributed by atoms with van der Waals surface area (Å²) in [5, 5.41) is 3.84. The molecular weight excluding hydrogens is 338 g/mol. The number of carbonyl (C=O) groups is 1. The van der Waals surface area contributed by atoms with E-state index in [-0.39, 0.29) is 6.03 Å². The van der Waals surface area contributed by atoms with Crippen molar-refractivity contribution in [3.63, 3.8) is 0 Å². The van der Waals surface area contributed by atoms with Crippen LogP contribution in [-0.2, 0) is 0 Å². The summed E-state index contributed by atoms with van der Waals surface area (Å²) in [6, 6.07) is 13.2. The molecule has 2 heterocycles. The van der Waals surface area contributed by atoms with Gasteiger partial charge in [-0.15, -0.1) is 13.2 Å². The van der Waals surface area contributed by atoms with Crippen molar-refractivity contribution in [1.29, 1.82) is 0 Å². The predicted molar refractivity (Wildman–Crippen MR) is 110 cm³/mol. The zero-order valence-electron chi connectivity index (χ0n) is 14.8. The first-order valence-electron chi connectivity index (χ1n) is 8.65. The van der Waals surface area contributed by atoms with Gasteiger partial charge in [0.2, 0.25) is 0 Å². The topological polar surface area (TPSA) is 73.9 Å². The minimum Gasteiger partial charge on any atom is -0.338 e. The van der Waals surface area contributed by atoms with Crippen LogP contribution in [0.2, 0.25) is 0 Å². The average Bonchev–Trinajstić information content (AvgIpc) is 3.03. The van der Waals surface area contributed by atoms with Gasteiger partial charge in [-0.1, -0.05) is 24.3 Å². The number of carbonyl (C=O) groups excluding carboxylic acids is 1. The van der Waals surface area contributed by atoms with Crippen LogP contribution in [0, 0.1) is 0 Å². The number of urea groups is 1. The molecule has 0 aliphatic heterocycles. The number of H-pyrrole nitrogens is 1. The first-order chi connectivity index (χ1) is 13.2. The second-order valence-electron chi connectivity index (χ2n) is 6.21. The highest BCUT2D eigenvalue weighted by atomic mass is 16.2. The predicted octanol–water partition coefficient (Wildman–Crippen LogP) is 4.47. The van der Waals surface area contributed by atoms with E-state index in [1.54, 1.807) is 17.1 Å². The molecule has 6 heteroatoms.